The molecular weight excluding hydrogens is 314 g/mol. The number of likely N-dealkylation sites (tertiary alicyclic amines) is 1. The van der Waals surface area contributed by atoms with Gasteiger partial charge >= 0.3 is 0 Å². The molecule has 0 bridgehead atoms. The number of para-hydroxylation sites is 1. The van der Waals surface area contributed by atoms with E-state index < -0.39 is 0 Å². The zero-order chi connectivity index (χ0) is 17.4. The van der Waals surface area contributed by atoms with Gasteiger partial charge in [0.25, 0.3) is 5.91 Å². The lowest BCUT2D eigenvalue weighted by molar-refractivity contribution is 0.0596. The van der Waals surface area contributed by atoms with E-state index in [0.29, 0.717) is 5.69 Å². The summed E-state index contributed by atoms with van der Waals surface area (Å²) >= 11 is 0. The quantitative estimate of drug-likeness (QED) is 0.757. The normalized spacial score (nSPS) is 18.2. The van der Waals surface area contributed by atoms with Crippen molar-refractivity contribution in [2.75, 3.05) is 6.54 Å². The van der Waals surface area contributed by atoms with Gasteiger partial charge in [-0.1, -0.05) is 37.2 Å². The van der Waals surface area contributed by atoms with Gasteiger partial charge in [-0.05, 0) is 36.8 Å². The van der Waals surface area contributed by atoms with Crippen molar-refractivity contribution in [3.8, 4) is 0 Å². The minimum atomic E-state index is -0.0426. The molecule has 2 aromatic heterocycles. The number of aromatic nitrogens is 2. The van der Waals surface area contributed by atoms with Crippen LogP contribution in [0.3, 0.4) is 0 Å². The summed E-state index contributed by atoms with van der Waals surface area (Å²) in [5.41, 5.74) is 2.62. The Balaban J connectivity index is 1.64. The Bertz CT molecular complexity index is 860. The molecule has 1 aromatic carbocycles. The third kappa shape index (κ3) is 2.95. The molecule has 1 fully saturated rings. The van der Waals surface area contributed by atoms with Crippen molar-refractivity contribution < 1.29 is 9.32 Å². The summed E-state index contributed by atoms with van der Waals surface area (Å²) in [6.07, 6.45) is 3.12. The molecule has 1 atom stereocenters. The first-order chi connectivity index (χ1) is 12.1. The highest BCUT2D eigenvalue weighted by atomic mass is 16.5. The zero-order valence-corrected chi connectivity index (χ0v) is 14.7. The van der Waals surface area contributed by atoms with Crippen molar-refractivity contribution >= 4 is 16.8 Å². The second-order valence-corrected chi connectivity index (χ2v) is 7.09. The number of aromatic amines is 1. The Kier molecular flexibility index (Phi) is 4.07. The summed E-state index contributed by atoms with van der Waals surface area (Å²) in [4.78, 5) is 18.5. The minimum Gasteiger partial charge on any atom is -0.360 e. The largest absolute Gasteiger partial charge is 0.360 e. The summed E-state index contributed by atoms with van der Waals surface area (Å²) in [7, 11) is 0. The number of nitrogens with one attached hydrogen (secondary N) is 1. The van der Waals surface area contributed by atoms with Crippen LogP contribution in [0.2, 0.25) is 0 Å². The first-order valence-electron chi connectivity index (χ1n) is 8.98. The van der Waals surface area contributed by atoms with Crippen LogP contribution in [-0.4, -0.2) is 27.5 Å². The van der Waals surface area contributed by atoms with Crippen molar-refractivity contribution in [3.05, 3.63) is 53.5 Å². The molecule has 1 aliphatic heterocycles. The summed E-state index contributed by atoms with van der Waals surface area (Å²) < 4.78 is 5.32. The van der Waals surface area contributed by atoms with E-state index in [4.69, 9.17) is 4.52 Å². The lowest BCUT2D eigenvalue weighted by Gasteiger charge is -2.34. The summed E-state index contributed by atoms with van der Waals surface area (Å²) in [5, 5.41) is 5.19. The van der Waals surface area contributed by atoms with Crippen LogP contribution in [0.15, 0.2) is 40.9 Å². The van der Waals surface area contributed by atoms with Gasteiger partial charge in [0.15, 0.2) is 5.69 Å². The van der Waals surface area contributed by atoms with Gasteiger partial charge in [0, 0.05) is 29.7 Å². The number of amides is 1. The van der Waals surface area contributed by atoms with E-state index in [9.17, 15) is 4.79 Å². The van der Waals surface area contributed by atoms with Crippen molar-refractivity contribution in [1.29, 1.82) is 0 Å². The maximum atomic E-state index is 13.0. The molecular formula is C20H23N3O2. The van der Waals surface area contributed by atoms with Gasteiger partial charge in [-0.3, -0.25) is 4.79 Å². The number of piperidine rings is 1. The number of rotatable bonds is 3. The van der Waals surface area contributed by atoms with E-state index in [2.05, 4.69) is 28.3 Å². The fourth-order valence-electron chi connectivity index (χ4n) is 3.58. The highest BCUT2D eigenvalue weighted by molar-refractivity contribution is 5.92. The smallest absolute Gasteiger partial charge is 0.276 e. The van der Waals surface area contributed by atoms with Gasteiger partial charge in [-0.15, -0.1) is 0 Å². The molecule has 1 amide bonds. The van der Waals surface area contributed by atoms with Gasteiger partial charge in [0.2, 0.25) is 0 Å². The molecule has 1 saturated heterocycles. The number of hydrogen-bond donors (Lipinski definition) is 1. The Morgan fingerprint density at radius 2 is 2.12 bits per heavy atom. The van der Waals surface area contributed by atoms with E-state index in [1.165, 1.54) is 5.39 Å². The number of fused-ring (bicyclic) bond motifs is 1. The van der Waals surface area contributed by atoms with Crippen LogP contribution in [0.25, 0.3) is 10.9 Å². The van der Waals surface area contributed by atoms with Crippen LogP contribution in [0, 0.1) is 0 Å². The standard InChI is InChI=1S/C20H23N3O2/c1-13(2)19-12-17(22-25-19)20(24)23-10-6-5-9-18(23)16-11-14-7-3-4-8-15(14)21-16/h3-4,7-8,11-13,18,21H,5-6,9-10H2,1-2H3. The zero-order valence-electron chi connectivity index (χ0n) is 14.7. The first-order valence-corrected chi connectivity index (χ1v) is 8.98. The third-order valence-corrected chi connectivity index (χ3v) is 4.99. The molecule has 3 aromatic rings. The SMILES string of the molecule is CC(C)c1cc(C(=O)N2CCCCC2c2cc3ccccc3[nH]2)no1. The monoisotopic (exact) mass is 337 g/mol. The van der Waals surface area contributed by atoms with E-state index >= 15 is 0 Å². The van der Waals surface area contributed by atoms with Gasteiger partial charge < -0.3 is 14.4 Å². The van der Waals surface area contributed by atoms with Gasteiger partial charge in [-0.25, -0.2) is 0 Å². The molecule has 5 heteroatoms. The summed E-state index contributed by atoms with van der Waals surface area (Å²) in [6.45, 7) is 4.81. The minimum absolute atomic E-state index is 0.0426. The van der Waals surface area contributed by atoms with Gasteiger partial charge in [0.1, 0.15) is 5.76 Å². The van der Waals surface area contributed by atoms with Crippen LogP contribution >= 0.6 is 0 Å². The van der Waals surface area contributed by atoms with Crippen molar-refractivity contribution in [3.63, 3.8) is 0 Å². The van der Waals surface area contributed by atoms with E-state index in [-0.39, 0.29) is 17.9 Å². The second-order valence-electron chi connectivity index (χ2n) is 7.09. The molecule has 25 heavy (non-hydrogen) atoms. The fourth-order valence-corrected chi connectivity index (χ4v) is 3.58. The number of H-pyrrole nitrogens is 1. The maximum absolute atomic E-state index is 13.0. The lowest BCUT2D eigenvalue weighted by atomic mass is 9.98. The molecule has 1 unspecified atom stereocenters. The molecule has 4 rings (SSSR count). The Labute approximate surface area is 147 Å². The van der Waals surface area contributed by atoms with Gasteiger partial charge in [0.05, 0.1) is 6.04 Å². The van der Waals surface area contributed by atoms with Crippen LogP contribution in [0.5, 0.6) is 0 Å². The number of hydrogen-bond acceptors (Lipinski definition) is 3. The first kappa shape index (κ1) is 15.9. The molecule has 0 saturated carbocycles. The highest BCUT2D eigenvalue weighted by Crippen LogP contribution is 2.33. The molecule has 0 radical (unpaired) electrons. The average Bonchev–Trinajstić information content (AvgIpc) is 3.28. The van der Waals surface area contributed by atoms with E-state index in [1.807, 2.05) is 30.9 Å². The Morgan fingerprint density at radius 1 is 1.28 bits per heavy atom. The summed E-state index contributed by atoms with van der Waals surface area (Å²) in [5.74, 6) is 0.932. The molecule has 0 aliphatic carbocycles. The number of carbonyl (C=O) groups is 1. The summed E-state index contributed by atoms with van der Waals surface area (Å²) in [6, 6.07) is 12.2. The number of nitrogens with zero attached hydrogens (tertiary/aromatic N) is 2. The topological polar surface area (TPSA) is 62.1 Å². The predicted octanol–water partition coefficient (Wildman–Crippen LogP) is 4.65. The highest BCUT2D eigenvalue weighted by Gasteiger charge is 2.31. The van der Waals surface area contributed by atoms with Gasteiger partial charge in [-0.2, -0.15) is 0 Å². The second kappa shape index (κ2) is 6.39. The van der Waals surface area contributed by atoms with Crippen LogP contribution < -0.4 is 0 Å². The fraction of sp³-hybridized carbons (Fsp3) is 0.400. The molecule has 1 N–H and O–H groups in total. The Morgan fingerprint density at radius 3 is 2.88 bits per heavy atom. The maximum Gasteiger partial charge on any atom is 0.276 e. The van der Waals surface area contributed by atoms with E-state index in [1.54, 1.807) is 6.07 Å². The van der Waals surface area contributed by atoms with Crippen molar-refractivity contribution in [1.82, 2.24) is 15.0 Å². The molecule has 0 spiro atoms. The molecule has 1 aliphatic rings. The molecule has 130 valence electrons. The van der Waals surface area contributed by atoms with Crippen molar-refractivity contribution in [2.45, 2.75) is 45.1 Å². The van der Waals surface area contributed by atoms with Crippen molar-refractivity contribution in [2.24, 2.45) is 0 Å². The van der Waals surface area contributed by atoms with Crippen LogP contribution in [-0.2, 0) is 0 Å². The molecule has 5 nitrogen and oxygen atoms in total. The number of benzene rings is 1. The predicted molar refractivity (Wildman–Crippen MR) is 96.5 cm³/mol. The Hall–Kier alpha value is -2.56. The third-order valence-electron chi connectivity index (χ3n) is 4.99. The van der Waals surface area contributed by atoms with E-state index in [0.717, 1.165) is 42.8 Å². The average molecular weight is 337 g/mol. The lowest BCUT2D eigenvalue weighted by Crippen LogP contribution is -2.38. The molecule has 3 heterocycles. The van der Waals surface area contributed by atoms with Crippen LogP contribution in [0.4, 0.5) is 0 Å². The number of carbonyl (C=O) groups excluding carboxylic acids is 1. The van der Waals surface area contributed by atoms with Crippen LogP contribution in [0.1, 0.15) is 67.0 Å².